The van der Waals surface area contributed by atoms with Crippen LogP contribution in [0.25, 0.3) is 0 Å². The van der Waals surface area contributed by atoms with Crippen LogP contribution in [-0.4, -0.2) is 67.3 Å². The van der Waals surface area contributed by atoms with Crippen LogP contribution >= 0.6 is 0 Å². The predicted molar refractivity (Wildman–Crippen MR) is 163 cm³/mol. The van der Waals surface area contributed by atoms with Crippen molar-refractivity contribution in [3.8, 4) is 0 Å². The first-order chi connectivity index (χ1) is 20.4. The quantitative estimate of drug-likeness (QED) is 0.407. The van der Waals surface area contributed by atoms with E-state index in [9.17, 15) is 17.6 Å². The summed E-state index contributed by atoms with van der Waals surface area (Å²) < 4.78 is 63.0. The lowest BCUT2D eigenvalue weighted by Gasteiger charge is -2.39. The predicted octanol–water partition coefficient (Wildman–Crippen LogP) is 4.31. The zero-order valence-electron chi connectivity index (χ0n) is 25.1. The lowest BCUT2D eigenvalue weighted by atomic mass is 9.74. The molecule has 3 aliphatic heterocycles. The van der Waals surface area contributed by atoms with Gasteiger partial charge in [-0.15, -0.1) is 0 Å². The number of piperazine rings is 1. The molecule has 0 saturated carbocycles. The van der Waals surface area contributed by atoms with Gasteiger partial charge in [0.15, 0.2) is 0 Å². The Balaban J connectivity index is 1.34. The first-order valence-electron chi connectivity index (χ1n) is 15.4. The molecule has 5 rings (SSSR count). The largest absolute Gasteiger partial charge is 0.376 e. The molecule has 236 valence electrons. The fourth-order valence-corrected chi connectivity index (χ4v) is 9.11. The van der Waals surface area contributed by atoms with Crippen LogP contribution in [-0.2, 0) is 26.0 Å². The van der Waals surface area contributed by atoms with E-state index < -0.39 is 39.0 Å². The van der Waals surface area contributed by atoms with Crippen molar-refractivity contribution in [3.05, 3.63) is 65.2 Å². The minimum atomic E-state index is -3.45. The lowest BCUT2D eigenvalue weighted by molar-refractivity contribution is -0.119. The molecular weight excluding hydrogens is 574 g/mol. The van der Waals surface area contributed by atoms with E-state index >= 15 is 4.39 Å². The number of fused-ring (bicyclic) bond motifs is 2. The van der Waals surface area contributed by atoms with Crippen molar-refractivity contribution < 1.29 is 26.7 Å². The molecule has 2 aromatic rings. The van der Waals surface area contributed by atoms with Crippen molar-refractivity contribution in [1.82, 2.24) is 9.62 Å². The summed E-state index contributed by atoms with van der Waals surface area (Å²) in [6.07, 6.45) is 3.43. The van der Waals surface area contributed by atoms with Crippen molar-refractivity contribution in [2.75, 3.05) is 18.4 Å². The first-order valence-corrected chi connectivity index (χ1v) is 16.9. The molecule has 3 heterocycles. The number of nitrogens with one attached hydrogen (secondary N) is 2. The van der Waals surface area contributed by atoms with E-state index in [1.165, 1.54) is 24.3 Å². The van der Waals surface area contributed by atoms with Gasteiger partial charge in [-0.2, -0.15) is 4.31 Å². The highest BCUT2D eigenvalue weighted by Crippen LogP contribution is 2.39. The Morgan fingerprint density at radius 3 is 2.49 bits per heavy atom. The fraction of sp³-hybridized carbons (Fsp3) is 0.594. The average molecular weight is 619 g/mol. The molecule has 0 aromatic heterocycles. The number of nitrogens with two attached hydrogens (primary N) is 1. The third-order valence-electron chi connectivity index (χ3n) is 9.50. The second-order valence-electron chi connectivity index (χ2n) is 12.6. The zero-order valence-corrected chi connectivity index (χ0v) is 26.0. The van der Waals surface area contributed by atoms with Gasteiger partial charge in [0, 0.05) is 42.3 Å². The number of carbonyl (C=O) groups is 1. The summed E-state index contributed by atoms with van der Waals surface area (Å²) in [5, 5.41) is 5.89. The normalized spacial score (nSPS) is 31.9. The van der Waals surface area contributed by atoms with Crippen LogP contribution < -0.4 is 16.4 Å². The van der Waals surface area contributed by atoms with Gasteiger partial charge in [0.2, 0.25) is 15.9 Å². The van der Waals surface area contributed by atoms with Gasteiger partial charge in [0.1, 0.15) is 11.6 Å². The molecule has 0 aliphatic carbocycles. The summed E-state index contributed by atoms with van der Waals surface area (Å²) in [6, 6.07) is 9.45. The highest BCUT2D eigenvalue weighted by atomic mass is 32.2. The van der Waals surface area contributed by atoms with Gasteiger partial charge in [-0.05, 0) is 95.0 Å². The van der Waals surface area contributed by atoms with E-state index in [2.05, 4.69) is 10.6 Å². The SMILES string of the molecule is CC1CC[C@@H]2CN([C@@H](CCc3c(F)cccc3NC(=O)[C@@H](N)[C@@H](c3ccc(F)cc3)C3C[C@@H](C)O[C@@H](C)C3)CN2)S1(=O)=O. The molecule has 43 heavy (non-hydrogen) atoms. The number of carbonyl (C=O) groups excluding carboxylic acids is 1. The van der Waals surface area contributed by atoms with Crippen molar-refractivity contribution in [3.63, 3.8) is 0 Å². The maximum atomic E-state index is 15.2. The minimum absolute atomic E-state index is 0.0117. The van der Waals surface area contributed by atoms with E-state index in [4.69, 9.17) is 10.5 Å². The van der Waals surface area contributed by atoms with Gasteiger partial charge in [-0.3, -0.25) is 4.79 Å². The molecule has 4 N–H and O–H groups in total. The van der Waals surface area contributed by atoms with Crippen molar-refractivity contribution in [1.29, 1.82) is 0 Å². The van der Waals surface area contributed by atoms with Crippen LogP contribution in [0.2, 0.25) is 0 Å². The van der Waals surface area contributed by atoms with Crippen molar-refractivity contribution >= 4 is 21.6 Å². The van der Waals surface area contributed by atoms with Crippen LogP contribution in [0.4, 0.5) is 14.5 Å². The molecule has 2 bridgehead atoms. The summed E-state index contributed by atoms with van der Waals surface area (Å²) in [4.78, 5) is 13.7. The maximum absolute atomic E-state index is 15.2. The van der Waals surface area contributed by atoms with Gasteiger partial charge in [-0.1, -0.05) is 18.2 Å². The van der Waals surface area contributed by atoms with Gasteiger partial charge in [0.05, 0.1) is 23.5 Å². The second-order valence-corrected chi connectivity index (χ2v) is 15.0. The lowest BCUT2D eigenvalue weighted by Crippen LogP contribution is -2.57. The van der Waals surface area contributed by atoms with E-state index in [0.29, 0.717) is 50.0 Å². The Hall–Kier alpha value is -2.44. The number of halogens is 2. The number of hydrogen-bond donors (Lipinski definition) is 3. The fourth-order valence-electron chi connectivity index (χ4n) is 7.23. The van der Waals surface area contributed by atoms with Crippen LogP contribution in [0.3, 0.4) is 0 Å². The van der Waals surface area contributed by atoms with E-state index in [0.717, 1.165) is 12.0 Å². The summed E-state index contributed by atoms with van der Waals surface area (Å²) in [5.74, 6) is -1.67. The van der Waals surface area contributed by atoms with Crippen LogP contribution in [0, 0.1) is 17.6 Å². The molecule has 3 aliphatic rings. The summed E-state index contributed by atoms with van der Waals surface area (Å²) in [7, 11) is -3.45. The second kappa shape index (κ2) is 13.3. The highest BCUT2D eigenvalue weighted by molar-refractivity contribution is 7.89. The Bertz CT molecular complexity index is 1380. The highest BCUT2D eigenvalue weighted by Gasteiger charge is 2.42. The third-order valence-corrected chi connectivity index (χ3v) is 11.9. The topological polar surface area (TPSA) is 114 Å². The Morgan fingerprint density at radius 2 is 1.79 bits per heavy atom. The minimum Gasteiger partial charge on any atom is -0.376 e. The van der Waals surface area contributed by atoms with E-state index in [1.807, 2.05) is 13.8 Å². The van der Waals surface area contributed by atoms with Gasteiger partial charge < -0.3 is 21.1 Å². The maximum Gasteiger partial charge on any atom is 0.241 e. The smallest absolute Gasteiger partial charge is 0.241 e. The number of anilines is 1. The molecule has 3 saturated heterocycles. The summed E-state index contributed by atoms with van der Waals surface area (Å²) in [5.41, 5.74) is 8.08. The number of ether oxygens (including phenoxy) is 1. The monoisotopic (exact) mass is 618 g/mol. The standard InChI is InChI=1S/C32H44F2N4O4S/c1-19-15-23(16-20(2)42-19)30(22-8-10-24(33)11-9-22)31(35)32(39)37-29-6-4-5-28(34)27(29)14-13-26-17-36-25-12-7-21(3)43(40,41)38(26)18-25/h4-6,8-11,19-21,23,25-26,30-31,36H,7,12-18,35H2,1-3H3,(H,37,39)/t19-,20+,21?,23?,25-,26+,30+,31+/m1/s1. The molecule has 0 spiro atoms. The molecular formula is C32H44F2N4O4S. The Kier molecular flexibility index (Phi) is 9.87. The summed E-state index contributed by atoms with van der Waals surface area (Å²) in [6.45, 7) is 6.66. The molecule has 3 fully saturated rings. The van der Waals surface area contributed by atoms with Crippen LogP contribution in [0.1, 0.15) is 69.9 Å². The zero-order chi connectivity index (χ0) is 30.9. The van der Waals surface area contributed by atoms with Gasteiger partial charge in [0.25, 0.3) is 0 Å². The van der Waals surface area contributed by atoms with Gasteiger partial charge >= 0.3 is 0 Å². The molecule has 3 unspecified atom stereocenters. The molecule has 8 nitrogen and oxygen atoms in total. The van der Waals surface area contributed by atoms with E-state index in [-0.39, 0.29) is 42.4 Å². The van der Waals surface area contributed by atoms with Gasteiger partial charge in [-0.25, -0.2) is 17.2 Å². The first kappa shape index (κ1) is 32.0. The number of sulfonamides is 1. The van der Waals surface area contributed by atoms with Crippen LogP contribution in [0.15, 0.2) is 42.5 Å². The number of hydrogen-bond acceptors (Lipinski definition) is 6. The number of nitrogens with zero attached hydrogens (tertiary/aromatic N) is 1. The molecule has 1 amide bonds. The number of amides is 1. The molecule has 11 heteroatoms. The molecule has 9 atom stereocenters. The number of rotatable bonds is 8. The van der Waals surface area contributed by atoms with Crippen LogP contribution in [0.5, 0.6) is 0 Å². The van der Waals surface area contributed by atoms with E-state index in [1.54, 1.807) is 29.4 Å². The van der Waals surface area contributed by atoms with Crippen molar-refractivity contribution in [2.24, 2.45) is 11.7 Å². The Morgan fingerprint density at radius 1 is 1.09 bits per heavy atom. The molecule has 0 radical (unpaired) electrons. The Labute approximate surface area is 253 Å². The van der Waals surface area contributed by atoms with Crippen molar-refractivity contribution in [2.45, 2.75) is 101 Å². The third kappa shape index (κ3) is 7.12. The number of benzene rings is 2. The summed E-state index contributed by atoms with van der Waals surface area (Å²) >= 11 is 0. The molecule has 2 aromatic carbocycles. The average Bonchev–Trinajstić information content (AvgIpc) is 3.04.